The van der Waals surface area contributed by atoms with Gasteiger partial charge in [-0.2, -0.15) is 9.13 Å². The van der Waals surface area contributed by atoms with E-state index in [1.165, 1.54) is 39.2 Å². The van der Waals surface area contributed by atoms with E-state index in [1.807, 2.05) is 18.3 Å². The minimum absolute atomic E-state index is 0.201. The number of aromatic nitrogens is 3. The van der Waals surface area contributed by atoms with Crippen LogP contribution in [0.1, 0.15) is 29.5 Å². The average molecular weight is 480 g/mol. The van der Waals surface area contributed by atoms with Crippen molar-refractivity contribution in [2.24, 2.45) is 0 Å². The summed E-state index contributed by atoms with van der Waals surface area (Å²) in [6, 6.07) is 35.2. The van der Waals surface area contributed by atoms with Crippen LogP contribution in [0.3, 0.4) is 0 Å². The second-order valence-corrected chi connectivity index (χ2v) is 10.1. The van der Waals surface area contributed by atoms with E-state index in [-0.39, 0.29) is 6.04 Å². The molecule has 37 heavy (non-hydrogen) atoms. The van der Waals surface area contributed by atoms with E-state index in [4.69, 9.17) is 6.58 Å². The van der Waals surface area contributed by atoms with Crippen molar-refractivity contribution in [1.82, 2.24) is 4.98 Å². The summed E-state index contributed by atoms with van der Waals surface area (Å²) in [4.78, 5) is 4.61. The summed E-state index contributed by atoms with van der Waals surface area (Å²) in [6.07, 6.45) is 8.39. The number of aryl methyl sites for hydroxylation is 1. The van der Waals surface area contributed by atoms with Crippen LogP contribution in [0, 0.1) is 0 Å². The van der Waals surface area contributed by atoms with Crippen molar-refractivity contribution in [1.29, 1.82) is 0 Å². The Hall–Kier alpha value is -4.37. The van der Waals surface area contributed by atoms with Gasteiger partial charge in [0.05, 0.1) is 17.2 Å². The molecule has 0 amide bonds. The molecule has 0 spiro atoms. The van der Waals surface area contributed by atoms with Gasteiger partial charge < -0.3 is 0 Å². The Labute approximate surface area is 218 Å². The van der Waals surface area contributed by atoms with Crippen LogP contribution in [0.2, 0.25) is 0 Å². The quantitative estimate of drug-likeness (QED) is 0.199. The van der Waals surface area contributed by atoms with Crippen LogP contribution >= 0.6 is 0 Å². The first-order chi connectivity index (χ1) is 18.3. The van der Waals surface area contributed by atoms with Gasteiger partial charge in [-0.3, -0.25) is 4.98 Å². The molecule has 0 saturated carbocycles. The standard InChI is InChI=1S/C34H29N3/c1-24-23-36-21-18-26(31-14-6-8-19-35-31)22-33(36)27-11-3-2-10-25(27)16-17-30-28-12-4-5-13-29(28)32-15-7-9-20-37(32)34(24)30/h2-15,18-22,30,34H,1,16-17,23H2/q+2. The molecule has 178 valence electrons. The van der Waals surface area contributed by atoms with Crippen molar-refractivity contribution >= 4 is 0 Å². The zero-order valence-corrected chi connectivity index (χ0v) is 20.8. The van der Waals surface area contributed by atoms with Gasteiger partial charge in [-0.15, -0.1) is 0 Å². The molecule has 2 aromatic carbocycles. The van der Waals surface area contributed by atoms with E-state index in [1.54, 1.807) is 0 Å². The summed E-state index contributed by atoms with van der Waals surface area (Å²) in [7, 11) is 0. The van der Waals surface area contributed by atoms with Gasteiger partial charge in [-0.1, -0.05) is 49.0 Å². The van der Waals surface area contributed by atoms with Crippen molar-refractivity contribution in [3.05, 3.63) is 139 Å². The molecule has 3 aromatic heterocycles. The fourth-order valence-electron chi connectivity index (χ4n) is 6.34. The second kappa shape index (κ2) is 8.94. The molecule has 0 radical (unpaired) electrons. The zero-order valence-electron chi connectivity index (χ0n) is 20.8. The van der Waals surface area contributed by atoms with Gasteiger partial charge in [-0.25, -0.2) is 0 Å². The van der Waals surface area contributed by atoms with Gasteiger partial charge in [0.25, 0.3) is 0 Å². The summed E-state index contributed by atoms with van der Waals surface area (Å²) in [5.41, 5.74) is 11.3. The predicted octanol–water partition coefficient (Wildman–Crippen LogP) is 6.50. The number of rotatable bonds is 1. The first kappa shape index (κ1) is 21.9. The van der Waals surface area contributed by atoms with E-state index in [0.717, 1.165) is 30.6 Å². The third-order valence-corrected chi connectivity index (χ3v) is 8.01. The Bertz CT molecular complexity index is 1640. The number of fused-ring (bicyclic) bond motifs is 9. The summed E-state index contributed by atoms with van der Waals surface area (Å²) in [6.45, 7) is 5.49. The zero-order chi connectivity index (χ0) is 24.8. The molecule has 2 atom stereocenters. The van der Waals surface area contributed by atoms with Gasteiger partial charge in [0.2, 0.25) is 11.4 Å². The Morgan fingerprint density at radius 1 is 0.757 bits per heavy atom. The van der Waals surface area contributed by atoms with Crippen molar-refractivity contribution in [2.45, 2.75) is 31.3 Å². The molecule has 3 nitrogen and oxygen atoms in total. The molecule has 2 aliphatic heterocycles. The smallest absolute Gasteiger partial charge is 0.213 e. The lowest BCUT2D eigenvalue weighted by atomic mass is 9.76. The SMILES string of the molecule is C=C1C[n+]2ccc(-c3ccccn3)cc2-c2ccccc2CCC2c3ccccc3-c3cccc[n+]3C12. The number of pyridine rings is 3. The Kier molecular flexibility index (Phi) is 5.28. The number of benzene rings is 2. The Balaban J connectivity index is 1.41. The largest absolute Gasteiger partial charge is 0.256 e. The fourth-order valence-corrected chi connectivity index (χ4v) is 6.34. The highest BCUT2D eigenvalue weighted by atomic mass is 15.0. The molecule has 0 saturated heterocycles. The second-order valence-electron chi connectivity index (χ2n) is 10.1. The molecular formula is C34H29N3+2. The molecule has 5 aromatic rings. The highest BCUT2D eigenvalue weighted by molar-refractivity contribution is 5.69. The molecule has 7 rings (SSSR count). The van der Waals surface area contributed by atoms with E-state index in [2.05, 4.69) is 111 Å². The normalized spacial score (nSPS) is 18.0. The maximum Gasteiger partial charge on any atom is 0.213 e. The van der Waals surface area contributed by atoms with Crippen molar-refractivity contribution in [2.75, 3.05) is 0 Å². The first-order valence-corrected chi connectivity index (χ1v) is 13.1. The van der Waals surface area contributed by atoms with Gasteiger partial charge in [-0.05, 0) is 54.3 Å². The summed E-state index contributed by atoms with van der Waals surface area (Å²) in [5, 5.41) is 0. The summed E-state index contributed by atoms with van der Waals surface area (Å²) in [5.74, 6) is 0.367. The maximum absolute atomic E-state index is 4.73. The molecule has 0 N–H and O–H groups in total. The molecule has 2 unspecified atom stereocenters. The topological polar surface area (TPSA) is 20.6 Å². The lowest BCUT2D eigenvalue weighted by Gasteiger charge is -2.32. The number of hydrogen-bond donors (Lipinski definition) is 0. The lowest BCUT2D eigenvalue weighted by molar-refractivity contribution is -0.723. The first-order valence-electron chi connectivity index (χ1n) is 13.1. The minimum Gasteiger partial charge on any atom is -0.256 e. The van der Waals surface area contributed by atoms with E-state index in [9.17, 15) is 0 Å². The van der Waals surface area contributed by atoms with E-state index >= 15 is 0 Å². The van der Waals surface area contributed by atoms with Crippen LogP contribution in [-0.4, -0.2) is 4.98 Å². The van der Waals surface area contributed by atoms with E-state index in [0.29, 0.717) is 5.92 Å². The Morgan fingerprint density at radius 3 is 2.46 bits per heavy atom. The molecule has 0 aliphatic carbocycles. The molecule has 0 bridgehead atoms. The number of allylic oxidation sites excluding steroid dienone is 1. The van der Waals surface area contributed by atoms with Crippen molar-refractivity contribution in [3.63, 3.8) is 0 Å². The lowest BCUT2D eigenvalue weighted by Crippen LogP contribution is -2.51. The molecule has 5 heterocycles. The van der Waals surface area contributed by atoms with Crippen LogP contribution in [0.15, 0.2) is 128 Å². The highest BCUT2D eigenvalue weighted by Gasteiger charge is 2.42. The molecule has 0 fully saturated rings. The third-order valence-electron chi connectivity index (χ3n) is 8.01. The summed E-state index contributed by atoms with van der Waals surface area (Å²) < 4.78 is 4.84. The van der Waals surface area contributed by atoms with Crippen LogP contribution in [0.5, 0.6) is 0 Å². The predicted molar refractivity (Wildman–Crippen MR) is 147 cm³/mol. The summed E-state index contributed by atoms with van der Waals surface area (Å²) >= 11 is 0. The highest BCUT2D eigenvalue weighted by Crippen LogP contribution is 2.44. The minimum atomic E-state index is 0.201. The Morgan fingerprint density at radius 2 is 1.57 bits per heavy atom. The van der Waals surface area contributed by atoms with Gasteiger partial charge in [0.15, 0.2) is 25.0 Å². The van der Waals surface area contributed by atoms with Gasteiger partial charge >= 0.3 is 0 Å². The van der Waals surface area contributed by atoms with Crippen LogP contribution in [0.25, 0.3) is 33.8 Å². The average Bonchev–Trinajstić information content (AvgIpc) is 2.96. The number of nitrogens with zero attached hydrogens (tertiary/aromatic N) is 3. The van der Waals surface area contributed by atoms with Crippen LogP contribution < -0.4 is 9.13 Å². The van der Waals surface area contributed by atoms with E-state index < -0.39 is 0 Å². The van der Waals surface area contributed by atoms with Crippen LogP contribution in [0.4, 0.5) is 0 Å². The molecule has 3 heteroatoms. The van der Waals surface area contributed by atoms with Gasteiger partial charge in [0, 0.05) is 47.2 Å². The molecular weight excluding hydrogens is 450 g/mol. The monoisotopic (exact) mass is 479 g/mol. The maximum atomic E-state index is 4.73. The van der Waals surface area contributed by atoms with Gasteiger partial charge in [0.1, 0.15) is 0 Å². The third kappa shape index (κ3) is 3.70. The molecule has 2 aliphatic rings. The van der Waals surface area contributed by atoms with Crippen molar-refractivity contribution < 1.29 is 9.13 Å². The van der Waals surface area contributed by atoms with Crippen LogP contribution in [-0.2, 0) is 13.0 Å². The fraction of sp³-hybridized carbons (Fsp3) is 0.147. The van der Waals surface area contributed by atoms with Crippen molar-refractivity contribution in [3.8, 4) is 33.8 Å². The number of hydrogen-bond acceptors (Lipinski definition) is 1.